The van der Waals surface area contributed by atoms with E-state index in [4.69, 9.17) is 15.4 Å². The van der Waals surface area contributed by atoms with Crippen LogP contribution < -0.4 is 5.73 Å². The molecule has 2 rings (SSSR count). The van der Waals surface area contributed by atoms with Gasteiger partial charge in [-0.1, -0.05) is 11.2 Å². The first-order valence-corrected chi connectivity index (χ1v) is 4.01. The number of carboxylic acid groups (broad SMARTS) is 1. The van der Waals surface area contributed by atoms with E-state index in [1.165, 1.54) is 6.26 Å². The smallest absolute Gasteiger partial charge is 0.325 e. The Morgan fingerprint density at radius 1 is 1.57 bits per heavy atom. The summed E-state index contributed by atoms with van der Waals surface area (Å²) in [4.78, 5) is 10.6. The Balaban J connectivity index is 2.48. The van der Waals surface area contributed by atoms with Crippen molar-refractivity contribution < 1.29 is 14.4 Å². The summed E-state index contributed by atoms with van der Waals surface area (Å²) in [5, 5.41) is 13.2. The molecule has 0 saturated carbocycles. The summed E-state index contributed by atoms with van der Waals surface area (Å²) < 4.78 is 4.72. The van der Waals surface area contributed by atoms with Gasteiger partial charge in [0, 0.05) is 5.39 Å². The first-order valence-electron chi connectivity index (χ1n) is 4.01. The van der Waals surface area contributed by atoms with E-state index in [-0.39, 0.29) is 0 Å². The first kappa shape index (κ1) is 8.71. The minimum absolute atomic E-state index is 0.513. The van der Waals surface area contributed by atoms with E-state index in [9.17, 15) is 4.79 Å². The molecule has 0 saturated heterocycles. The lowest BCUT2D eigenvalue weighted by atomic mass is 10.1. The molecule has 0 fully saturated rings. The lowest BCUT2D eigenvalue weighted by Crippen LogP contribution is -2.20. The van der Waals surface area contributed by atoms with Gasteiger partial charge < -0.3 is 15.4 Å². The van der Waals surface area contributed by atoms with Gasteiger partial charge in [-0.2, -0.15) is 0 Å². The van der Waals surface area contributed by atoms with Crippen LogP contribution in [-0.2, 0) is 4.79 Å². The maximum atomic E-state index is 10.6. The molecule has 0 spiro atoms. The van der Waals surface area contributed by atoms with Gasteiger partial charge in [-0.05, 0) is 17.7 Å². The van der Waals surface area contributed by atoms with Gasteiger partial charge in [-0.25, -0.2) is 0 Å². The zero-order chi connectivity index (χ0) is 10.1. The molecule has 3 N–H and O–H groups in total. The molecule has 1 atom stereocenters. The van der Waals surface area contributed by atoms with Crippen LogP contribution in [-0.4, -0.2) is 16.2 Å². The third kappa shape index (κ3) is 1.33. The van der Waals surface area contributed by atoms with Crippen molar-refractivity contribution >= 4 is 16.9 Å². The lowest BCUT2D eigenvalue weighted by Gasteiger charge is -2.05. The topological polar surface area (TPSA) is 89.4 Å². The number of hydrogen-bond acceptors (Lipinski definition) is 4. The Kier molecular flexibility index (Phi) is 1.94. The van der Waals surface area contributed by atoms with Gasteiger partial charge in [-0.3, -0.25) is 4.79 Å². The van der Waals surface area contributed by atoms with Crippen LogP contribution in [0.15, 0.2) is 29.0 Å². The van der Waals surface area contributed by atoms with E-state index in [0.717, 1.165) is 5.39 Å². The molecule has 5 heteroatoms. The van der Waals surface area contributed by atoms with Gasteiger partial charge in [0.1, 0.15) is 17.8 Å². The monoisotopic (exact) mass is 192 g/mol. The van der Waals surface area contributed by atoms with Crippen LogP contribution in [0.4, 0.5) is 0 Å². The largest absolute Gasteiger partial charge is 0.480 e. The number of hydrogen-bond donors (Lipinski definition) is 2. The Hall–Kier alpha value is -1.88. The van der Waals surface area contributed by atoms with Crippen molar-refractivity contribution in [2.24, 2.45) is 5.73 Å². The number of nitrogens with zero attached hydrogens (tertiary/aromatic N) is 1. The number of carboxylic acids is 1. The molecule has 0 radical (unpaired) electrons. The van der Waals surface area contributed by atoms with Crippen LogP contribution in [0.1, 0.15) is 11.6 Å². The molecule has 0 bridgehead atoms. The van der Waals surface area contributed by atoms with E-state index >= 15 is 0 Å². The minimum atomic E-state index is -1.06. The molecule has 1 aromatic carbocycles. The summed E-state index contributed by atoms with van der Waals surface area (Å²) in [6.45, 7) is 0. The summed E-state index contributed by atoms with van der Waals surface area (Å²) in [7, 11) is 0. The maximum absolute atomic E-state index is 10.6. The molecule has 0 aliphatic rings. The summed E-state index contributed by atoms with van der Waals surface area (Å²) >= 11 is 0. The van der Waals surface area contributed by atoms with Crippen LogP contribution >= 0.6 is 0 Å². The highest BCUT2D eigenvalue weighted by Crippen LogP contribution is 2.18. The van der Waals surface area contributed by atoms with Gasteiger partial charge in [-0.15, -0.1) is 0 Å². The molecule has 1 heterocycles. The molecule has 2 aromatic rings. The highest BCUT2D eigenvalue weighted by atomic mass is 16.5. The number of aliphatic carboxylic acids is 1. The molecule has 0 amide bonds. The Morgan fingerprint density at radius 2 is 2.36 bits per heavy atom. The third-order valence-corrected chi connectivity index (χ3v) is 2.01. The number of rotatable bonds is 2. The number of carbonyl (C=O) groups is 1. The van der Waals surface area contributed by atoms with Crippen molar-refractivity contribution in [3.05, 3.63) is 30.0 Å². The van der Waals surface area contributed by atoms with E-state index in [1.807, 2.05) is 0 Å². The third-order valence-electron chi connectivity index (χ3n) is 2.01. The van der Waals surface area contributed by atoms with Crippen molar-refractivity contribution in [1.29, 1.82) is 0 Å². The van der Waals surface area contributed by atoms with E-state index < -0.39 is 12.0 Å². The zero-order valence-corrected chi connectivity index (χ0v) is 7.18. The Bertz CT molecular complexity index is 478. The second-order valence-corrected chi connectivity index (χ2v) is 2.95. The fraction of sp³-hybridized carbons (Fsp3) is 0.111. The molecule has 72 valence electrons. The van der Waals surface area contributed by atoms with Crippen molar-refractivity contribution in [3.63, 3.8) is 0 Å². The number of fused-ring (bicyclic) bond motifs is 1. The lowest BCUT2D eigenvalue weighted by molar-refractivity contribution is -0.138. The molecule has 0 aliphatic carbocycles. The number of aromatic nitrogens is 1. The summed E-state index contributed by atoms with van der Waals surface area (Å²) in [6, 6.07) is 3.97. The van der Waals surface area contributed by atoms with E-state index in [2.05, 4.69) is 5.16 Å². The fourth-order valence-corrected chi connectivity index (χ4v) is 1.22. The second-order valence-electron chi connectivity index (χ2n) is 2.95. The van der Waals surface area contributed by atoms with Crippen LogP contribution in [0.25, 0.3) is 10.9 Å². The predicted molar refractivity (Wildman–Crippen MR) is 48.6 cm³/mol. The molecule has 0 aliphatic heterocycles. The Morgan fingerprint density at radius 3 is 3.07 bits per heavy atom. The highest BCUT2D eigenvalue weighted by Gasteiger charge is 2.14. The molecular weight excluding hydrogens is 184 g/mol. The maximum Gasteiger partial charge on any atom is 0.325 e. The quantitative estimate of drug-likeness (QED) is 0.738. The van der Waals surface area contributed by atoms with Crippen LogP contribution in [0.5, 0.6) is 0 Å². The summed E-state index contributed by atoms with van der Waals surface area (Å²) in [6.07, 6.45) is 1.49. The molecule has 14 heavy (non-hydrogen) atoms. The number of nitrogens with two attached hydrogens (primary N) is 1. The summed E-state index contributed by atoms with van der Waals surface area (Å²) in [5.74, 6) is -1.06. The van der Waals surface area contributed by atoms with Crippen molar-refractivity contribution in [2.45, 2.75) is 6.04 Å². The normalized spacial score (nSPS) is 12.9. The summed E-state index contributed by atoms with van der Waals surface area (Å²) in [5.41, 5.74) is 6.56. The van der Waals surface area contributed by atoms with Crippen LogP contribution in [0.3, 0.4) is 0 Å². The molecule has 1 aromatic heterocycles. The van der Waals surface area contributed by atoms with Crippen molar-refractivity contribution in [1.82, 2.24) is 5.16 Å². The first-order chi connectivity index (χ1) is 6.68. The van der Waals surface area contributed by atoms with Gasteiger partial charge in [0.05, 0.1) is 0 Å². The van der Waals surface area contributed by atoms with Gasteiger partial charge in [0.25, 0.3) is 0 Å². The van der Waals surface area contributed by atoms with Crippen LogP contribution in [0.2, 0.25) is 0 Å². The zero-order valence-electron chi connectivity index (χ0n) is 7.18. The SMILES string of the molecule is NC(C(=O)O)c1ccc2conc2c1. The van der Waals surface area contributed by atoms with E-state index in [0.29, 0.717) is 11.1 Å². The second kappa shape index (κ2) is 3.12. The average Bonchev–Trinajstić information content (AvgIpc) is 2.62. The predicted octanol–water partition coefficient (Wildman–Crippen LogP) is 0.912. The Labute approximate surface area is 79.1 Å². The van der Waals surface area contributed by atoms with Gasteiger partial charge in [0.2, 0.25) is 0 Å². The van der Waals surface area contributed by atoms with Crippen molar-refractivity contribution in [2.75, 3.05) is 0 Å². The molecule has 5 nitrogen and oxygen atoms in total. The fourth-order valence-electron chi connectivity index (χ4n) is 1.22. The number of benzene rings is 1. The molecular formula is C9H8N2O3. The molecule has 1 unspecified atom stereocenters. The highest BCUT2D eigenvalue weighted by molar-refractivity contribution is 5.81. The van der Waals surface area contributed by atoms with Crippen LogP contribution in [0, 0.1) is 0 Å². The average molecular weight is 192 g/mol. The minimum Gasteiger partial charge on any atom is -0.480 e. The standard InChI is InChI=1S/C9H8N2O3/c10-8(9(12)13)5-1-2-6-4-14-11-7(6)3-5/h1-4,8H,10H2,(H,12,13). The van der Waals surface area contributed by atoms with E-state index in [1.54, 1.807) is 18.2 Å². The van der Waals surface area contributed by atoms with Crippen molar-refractivity contribution in [3.8, 4) is 0 Å². The van der Waals surface area contributed by atoms with Gasteiger partial charge >= 0.3 is 5.97 Å². The van der Waals surface area contributed by atoms with Gasteiger partial charge in [0.15, 0.2) is 0 Å².